The fourth-order valence-corrected chi connectivity index (χ4v) is 6.10. The highest BCUT2D eigenvalue weighted by atomic mass is 16.3. The fourth-order valence-electron chi connectivity index (χ4n) is 6.10. The molecule has 1 aliphatic carbocycles. The Morgan fingerprint density at radius 2 is 1.69 bits per heavy atom. The number of carbonyl (C=O) groups excluding carboxylic acids is 1. The molecule has 1 aromatic heterocycles. The van der Waals surface area contributed by atoms with Gasteiger partial charge in [-0.25, -0.2) is 0 Å². The first-order valence-corrected chi connectivity index (χ1v) is 12.1. The first-order chi connectivity index (χ1) is 16.9. The predicted octanol–water partition coefficient (Wildman–Crippen LogP) is 5.06. The second-order valence-electron chi connectivity index (χ2n) is 10.1. The molecular formula is C31H29N2O2+. The number of Topliss-reactive ketones (excluding diaryl/α,β-unsaturated/α-hetero) is 1. The predicted molar refractivity (Wildman–Crippen MR) is 140 cm³/mol. The SMILES string of the molecule is Cn1cc(C2C(=O)C(=CC3=[N+](C)c4ccccc4C3(C)Cc3ccccc3)C2O)c2ccccc21. The minimum atomic E-state index is -0.820. The summed E-state index contributed by atoms with van der Waals surface area (Å²) in [6, 6.07) is 26.9. The molecule has 3 aromatic carbocycles. The Bertz CT molecular complexity index is 1540. The first kappa shape index (κ1) is 21.8. The van der Waals surface area contributed by atoms with Gasteiger partial charge in [-0.05, 0) is 30.5 Å². The summed E-state index contributed by atoms with van der Waals surface area (Å²) < 4.78 is 4.20. The molecule has 2 aliphatic rings. The Morgan fingerprint density at radius 3 is 2.46 bits per heavy atom. The molecule has 3 unspecified atom stereocenters. The van der Waals surface area contributed by atoms with Gasteiger partial charge >= 0.3 is 0 Å². The Labute approximate surface area is 205 Å². The lowest BCUT2D eigenvalue weighted by molar-refractivity contribution is -0.401. The maximum Gasteiger partial charge on any atom is 0.209 e. The number of carbonyl (C=O) groups is 1. The van der Waals surface area contributed by atoms with E-state index in [9.17, 15) is 9.90 Å². The van der Waals surface area contributed by atoms with Crippen molar-refractivity contribution in [2.45, 2.75) is 30.8 Å². The van der Waals surface area contributed by atoms with Crippen LogP contribution in [-0.4, -0.2) is 38.9 Å². The van der Waals surface area contributed by atoms with E-state index >= 15 is 0 Å². The average molecular weight is 462 g/mol. The molecule has 0 amide bonds. The van der Waals surface area contributed by atoms with Crippen LogP contribution < -0.4 is 0 Å². The number of aryl methyl sites for hydroxylation is 1. The van der Waals surface area contributed by atoms with Crippen molar-refractivity contribution in [3.63, 3.8) is 0 Å². The number of hydrogen-bond acceptors (Lipinski definition) is 2. The molecule has 1 saturated carbocycles. The lowest BCUT2D eigenvalue weighted by Crippen LogP contribution is -2.44. The summed E-state index contributed by atoms with van der Waals surface area (Å²) in [4.78, 5) is 13.5. The van der Waals surface area contributed by atoms with E-state index in [0.29, 0.717) is 5.57 Å². The van der Waals surface area contributed by atoms with Crippen LogP contribution in [0.15, 0.2) is 96.7 Å². The number of para-hydroxylation sites is 2. The van der Waals surface area contributed by atoms with Crippen LogP contribution in [0.5, 0.6) is 0 Å². The molecule has 0 bridgehead atoms. The molecule has 174 valence electrons. The first-order valence-electron chi connectivity index (χ1n) is 12.1. The fraction of sp³-hybridized carbons (Fsp3) is 0.226. The topological polar surface area (TPSA) is 45.2 Å². The molecule has 1 aliphatic heterocycles. The van der Waals surface area contributed by atoms with Gasteiger partial charge < -0.3 is 9.67 Å². The van der Waals surface area contributed by atoms with Crippen molar-refractivity contribution >= 4 is 28.1 Å². The Balaban J connectivity index is 1.41. The Morgan fingerprint density at radius 1 is 1.00 bits per heavy atom. The van der Waals surface area contributed by atoms with Crippen molar-refractivity contribution in [3.8, 4) is 0 Å². The molecule has 0 saturated heterocycles. The van der Waals surface area contributed by atoms with Crippen LogP contribution in [0.4, 0.5) is 5.69 Å². The summed E-state index contributed by atoms with van der Waals surface area (Å²) in [6.07, 6.45) is 3.93. The molecule has 35 heavy (non-hydrogen) atoms. The zero-order valence-electron chi connectivity index (χ0n) is 20.3. The lowest BCUT2D eigenvalue weighted by Gasteiger charge is -2.34. The molecule has 4 heteroatoms. The summed E-state index contributed by atoms with van der Waals surface area (Å²) >= 11 is 0. The van der Waals surface area contributed by atoms with Gasteiger partial charge in [-0.15, -0.1) is 0 Å². The van der Waals surface area contributed by atoms with Crippen molar-refractivity contribution in [3.05, 3.63) is 113 Å². The highest BCUT2D eigenvalue weighted by Gasteiger charge is 2.51. The molecule has 1 fully saturated rings. The van der Waals surface area contributed by atoms with Crippen molar-refractivity contribution in [2.24, 2.45) is 7.05 Å². The number of allylic oxidation sites excluding steroid dienone is 1. The highest BCUT2D eigenvalue weighted by Crippen LogP contribution is 2.45. The zero-order chi connectivity index (χ0) is 24.3. The van der Waals surface area contributed by atoms with E-state index in [1.807, 2.05) is 60.3 Å². The number of nitrogens with zero attached hydrogens (tertiary/aromatic N) is 2. The molecule has 2 heterocycles. The summed E-state index contributed by atoms with van der Waals surface area (Å²) in [5.74, 6) is -0.518. The van der Waals surface area contributed by atoms with Crippen molar-refractivity contribution in [2.75, 3.05) is 7.05 Å². The van der Waals surface area contributed by atoms with Gasteiger partial charge in [0.2, 0.25) is 5.69 Å². The largest absolute Gasteiger partial charge is 0.387 e. The number of hydrogen-bond donors (Lipinski definition) is 1. The van der Waals surface area contributed by atoms with E-state index in [1.165, 1.54) is 11.1 Å². The molecule has 0 radical (unpaired) electrons. The van der Waals surface area contributed by atoms with E-state index in [0.717, 1.165) is 34.3 Å². The standard InChI is InChI=1S/C31H29N2O2/c1-31(18-20-11-5-4-6-12-20)24-14-8-10-16-26(24)33(3)27(31)17-22-29(34)28(30(22)35)23-19-32(2)25-15-9-7-13-21(23)25/h4-17,19,28-29,34H,18H2,1-3H3/q+1. The number of aromatic nitrogens is 1. The van der Waals surface area contributed by atoms with Gasteiger partial charge in [0.1, 0.15) is 7.05 Å². The second kappa shape index (κ2) is 7.89. The van der Waals surface area contributed by atoms with Gasteiger partial charge in [-0.3, -0.25) is 4.79 Å². The Hall–Kier alpha value is -3.76. The van der Waals surface area contributed by atoms with Crippen LogP contribution in [0.1, 0.15) is 29.5 Å². The molecule has 3 atom stereocenters. The maximum absolute atomic E-state index is 13.5. The summed E-state index contributed by atoms with van der Waals surface area (Å²) in [6.45, 7) is 2.24. The third-order valence-electron chi connectivity index (χ3n) is 7.94. The maximum atomic E-state index is 13.5. The highest BCUT2D eigenvalue weighted by molar-refractivity contribution is 6.16. The van der Waals surface area contributed by atoms with Crippen molar-refractivity contribution in [1.82, 2.24) is 4.57 Å². The van der Waals surface area contributed by atoms with Crippen LogP contribution in [0.2, 0.25) is 0 Å². The molecule has 0 spiro atoms. The number of rotatable bonds is 4. The number of ketones is 1. The summed E-state index contributed by atoms with van der Waals surface area (Å²) in [5, 5.41) is 12.3. The molecule has 4 aromatic rings. The van der Waals surface area contributed by atoms with Gasteiger partial charge in [0, 0.05) is 47.4 Å². The lowest BCUT2D eigenvalue weighted by atomic mass is 9.68. The molecular weight excluding hydrogens is 432 g/mol. The molecule has 4 nitrogen and oxygen atoms in total. The monoisotopic (exact) mass is 461 g/mol. The van der Waals surface area contributed by atoms with E-state index in [-0.39, 0.29) is 11.2 Å². The molecule has 1 N–H and O–H groups in total. The van der Waals surface area contributed by atoms with Gasteiger partial charge in [-0.2, -0.15) is 4.58 Å². The van der Waals surface area contributed by atoms with Gasteiger partial charge in [0.05, 0.1) is 17.4 Å². The second-order valence-corrected chi connectivity index (χ2v) is 10.1. The average Bonchev–Trinajstić information content (AvgIpc) is 3.30. The smallest absolute Gasteiger partial charge is 0.209 e. The van der Waals surface area contributed by atoms with E-state index in [4.69, 9.17) is 0 Å². The summed E-state index contributed by atoms with van der Waals surface area (Å²) in [5.41, 5.74) is 6.82. The van der Waals surface area contributed by atoms with Gasteiger partial charge in [0.25, 0.3) is 0 Å². The van der Waals surface area contributed by atoms with E-state index < -0.39 is 12.0 Å². The third kappa shape index (κ3) is 3.17. The van der Waals surface area contributed by atoms with Crippen LogP contribution in [0, 0.1) is 0 Å². The summed E-state index contributed by atoms with van der Waals surface area (Å²) in [7, 11) is 4.03. The normalized spacial score (nSPS) is 24.8. The molecule has 6 rings (SSSR count). The quantitative estimate of drug-likeness (QED) is 0.341. The minimum absolute atomic E-state index is 0.00719. The van der Waals surface area contributed by atoms with Crippen LogP contribution in [-0.2, 0) is 23.7 Å². The van der Waals surface area contributed by atoms with E-state index in [2.05, 4.69) is 61.0 Å². The number of aliphatic hydroxyl groups excluding tert-OH is 1. The van der Waals surface area contributed by atoms with Gasteiger partial charge in [0.15, 0.2) is 11.5 Å². The van der Waals surface area contributed by atoms with Crippen molar-refractivity contribution < 1.29 is 14.5 Å². The Kier molecular flexibility index (Phi) is 4.90. The number of fused-ring (bicyclic) bond motifs is 2. The van der Waals surface area contributed by atoms with Crippen LogP contribution >= 0.6 is 0 Å². The van der Waals surface area contributed by atoms with Crippen molar-refractivity contribution in [1.29, 1.82) is 0 Å². The number of aliphatic hydroxyl groups is 1. The van der Waals surface area contributed by atoms with Gasteiger partial charge in [-0.1, -0.05) is 66.7 Å². The number of benzene rings is 3. The van der Waals surface area contributed by atoms with Crippen LogP contribution in [0.3, 0.4) is 0 Å². The van der Waals surface area contributed by atoms with E-state index in [1.54, 1.807) is 0 Å². The third-order valence-corrected chi connectivity index (χ3v) is 7.94. The zero-order valence-corrected chi connectivity index (χ0v) is 20.3. The minimum Gasteiger partial charge on any atom is -0.387 e. The van der Waals surface area contributed by atoms with Crippen LogP contribution in [0.25, 0.3) is 10.9 Å².